The maximum absolute atomic E-state index is 13.0. The number of hydrogen-bond donors (Lipinski definition) is 1. The summed E-state index contributed by atoms with van der Waals surface area (Å²) >= 11 is 0. The van der Waals surface area contributed by atoms with Crippen LogP contribution in [0.25, 0.3) is 0 Å². The summed E-state index contributed by atoms with van der Waals surface area (Å²) < 4.78 is 18.7. The van der Waals surface area contributed by atoms with Crippen molar-refractivity contribution in [1.82, 2.24) is 5.43 Å². The van der Waals surface area contributed by atoms with Crippen LogP contribution in [0.3, 0.4) is 0 Å². The van der Waals surface area contributed by atoms with Crippen LogP contribution in [0.2, 0.25) is 0 Å². The van der Waals surface area contributed by atoms with Gasteiger partial charge < -0.3 is 4.74 Å². The summed E-state index contributed by atoms with van der Waals surface area (Å²) in [6.45, 7) is 1.97. The van der Waals surface area contributed by atoms with Gasteiger partial charge in [-0.15, -0.1) is 0 Å². The molecule has 0 atom stereocenters. The Morgan fingerprint density at radius 3 is 2.45 bits per heavy atom. The van der Waals surface area contributed by atoms with E-state index >= 15 is 0 Å². The third-order valence-electron chi connectivity index (χ3n) is 4.20. The number of carbonyl (C=O) groups excluding carboxylic acids is 1. The van der Waals surface area contributed by atoms with Gasteiger partial charge in [0.1, 0.15) is 18.2 Å². The average molecular weight is 387 g/mol. The summed E-state index contributed by atoms with van der Waals surface area (Å²) in [6, 6.07) is 21.8. The number of benzene rings is 3. The Hall–Kier alpha value is -3.98. The summed E-state index contributed by atoms with van der Waals surface area (Å²) in [7, 11) is 0. The third kappa shape index (κ3) is 5.27. The molecule has 0 radical (unpaired) electrons. The lowest BCUT2D eigenvalue weighted by molar-refractivity contribution is 0.0950. The number of amides is 1. The number of ether oxygens (including phenoxy) is 1. The topological polar surface area (TPSA) is 74.5 Å². The molecule has 0 saturated heterocycles. The van der Waals surface area contributed by atoms with Crippen molar-refractivity contribution in [2.24, 2.45) is 5.10 Å². The first kappa shape index (κ1) is 19.8. The Kier molecular flexibility index (Phi) is 6.33. The van der Waals surface area contributed by atoms with Gasteiger partial charge in [0.05, 0.1) is 22.9 Å². The molecule has 0 spiro atoms. The molecule has 3 aromatic rings. The number of nitrogens with zero attached hydrogens (tertiary/aromatic N) is 2. The first-order valence-corrected chi connectivity index (χ1v) is 8.88. The van der Waals surface area contributed by atoms with E-state index in [1.165, 1.54) is 12.1 Å². The average Bonchev–Trinajstić information content (AvgIpc) is 2.77. The zero-order chi connectivity index (χ0) is 20.6. The van der Waals surface area contributed by atoms with E-state index in [4.69, 9.17) is 10.00 Å². The number of para-hydroxylation sites is 1. The van der Waals surface area contributed by atoms with E-state index < -0.39 is 5.91 Å². The van der Waals surface area contributed by atoms with Crippen molar-refractivity contribution in [2.45, 2.75) is 13.5 Å². The lowest BCUT2D eigenvalue weighted by Crippen LogP contribution is -2.20. The maximum Gasteiger partial charge on any atom is 0.275 e. The van der Waals surface area contributed by atoms with Crippen molar-refractivity contribution in [1.29, 1.82) is 5.26 Å². The zero-order valence-corrected chi connectivity index (χ0v) is 15.7. The molecule has 1 amide bonds. The van der Waals surface area contributed by atoms with Crippen LogP contribution < -0.4 is 10.2 Å². The van der Waals surface area contributed by atoms with Gasteiger partial charge in [-0.25, -0.2) is 9.82 Å². The highest BCUT2D eigenvalue weighted by atomic mass is 19.1. The molecule has 6 heteroatoms. The van der Waals surface area contributed by atoms with E-state index in [2.05, 4.69) is 16.6 Å². The third-order valence-corrected chi connectivity index (χ3v) is 4.20. The van der Waals surface area contributed by atoms with E-state index in [9.17, 15) is 9.18 Å². The van der Waals surface area contributed by atoms with Gasteiger partial charge in [-0.2, -0.15) is 10.4 Å². The van der Waals surface area contributed by atoms with Crippen molar-refractivity contribution >= 4 is 11.6 Å². The quantitative estimate of drug-likeness (QED) is 0.502. The van der Waals surface area contributed by atoms with Crippen LogP contribution in [0.1, 0.15) is 34.0 Å². The number of carbonyl (C=O) groups is 1. The molecular formula is C23H18FN3O2. The van der Waals surface area contributed by atoms with Crippen LogP contribution >= 0.6 is 0 Å². The van der Waals surface area contributed by atoms with Crippen molar-refractivity contribution in [3.05, 3.63) is 101 Å². The van der Waals surface area contributed by atoms with Crippen molar-refractivity contribution in [3.63, 3.8) is 0 Å². The first-order chi connectivity index (χ1) is 14.1. The van der Waals surface area contributed by atoms with E-state index in [0.29, 0.717) is 22.6 Å². The molecule has 144 valence electrons. The Morgan fingerprint density at radius 2 is 1.76 bits per heavy atom. The SMILES string of the molecule is C/C(=N/NC(=O)c1ccccc1OCc1ccc(F)cc1)c1ccc(C#N)cc1. The second-order valence-corrected chi connectivity index (χ2v) is 6.24. The molecule has 0 aliphatic carbocycles. The van der Waals surface area contributed by atoms with Gasteiger partial charge in [0.15, 0.2) is 0 Å². The molecule has 29 heavy (non-hydrogen) atoms. The van der Waals surface area contributed by atoms with Gasteiger partial charge in [0, 0.05) is 0 Å². The van der Waals surface area contributed by atoms with Gasteiger partial charge in [-0.3, -0.25) is 4.79 Å². The number of hydrogen-bond acceptors (Lipinski definition) is 4. The monoisotopic (exact) mass is 387 g/mol. The van der Waals surface area contributed by atoms with Crippen LogP contribution in [-0.4, -0.2) is 11.6 Å². The highest BCUT2D eigenvalue weighted by molar-refractivity contribution is 6.01. The van der Waals surface area contributed by atoms with Gasteiger partial charge >= 0.3 is 0 Å². The second-order valence-electron chi connectivity index (χ2n) is 6.24. The number of nitrogens with one attached hydrogen (secondary N) is 1. The molecule has 0 bridgehead atoms. The van der Waals surface area contributed by atoms with Crippen LogP contribution in [0.5, 0.6) is 5.75 Å². The van der Waals surface area contributed by atoms with Crippen molar-refractivity contribution in [3.8, 4) is 11.8 Å². The van der Waals surface area contributed by atoms with Gasteiger partial charge in [0.2, 0.25) is 0 Å². The van der Waals surface area contributed by atoms with Crippen LogP contribution in [0.4, 0.5) is 4.39 Å². The van der Waals surface area contributed by atoms with E-state index in [1.807, 2.05) is 0 Å². The predicted octanol–water partition coefficient (Wildman–Crippen LogP) is 4.43. The Balaban J connectivity index is 1.68. The number of nitriles is 1. The molecule has 0 aliphatic rings. The summed E-state index contributed by atoms with van der Waals surface area (Å²) in [6.07, 6.45) is 0. The summed E-state index contributed by atoms with van der Waals surface area (Å²) in [5.41, 5.74) is 5.61. The summed E-state index contributed by atoms with van der Waals surface area (Å²) in [4.78, 5) is 12.6. The molecule has 5 nitrogen and oxygen atoms in total. The second kappa shape index (κ2) is 9.29. The minimum absolute atomic E-state index is 0.206. The van der Waals surface area contributed by atoms with Crippen LogP contribution in [-0.2, 0) is 6.61 Å². The molecule has 0 saturated carbocycles. The smallest absolute Gasteiger partial charge is 0.275 e. The fourth-order valence-electron chi connectivity index (χ4n) is 2.57. The van der Waals surface area contributed by atoms with Gasteiger partial charge in [0.25, 0.3) is 5.91 Å². The Labute approximate surface area is 168 Å². The molecular weight excluding hydrogens is 369 g/mol. The lowest BCUT2D eigenvalue weighted by atomic mass is 10.1. The first-order valence-electron chi connectivity index (χ1n) is 8.88. The standard InChI is InChI=1S/C23H18FN3O2/c1-16(19-10-6-17(14-25)7-11-19)26-27-23(28)21-4-2-3-5-22(21)29-15-18-8-12-20(24)13-9-18/h2-13H,15H2,1H3,(H,27,28)/b26-16-. The minimum Gasteiger partial charge on any atom is -0.488 e. The fourth-order valence-corrected chi connectivity index (χ4v) is 2.57. The van der Waals surface area contributed by atoms with Crippen LogP contribution in [0.15, 0.2) is 77.9 Å². The van der Waals surface area contributed by atoms with Crippen LogP contribution in [0, 0.1) is 17.1 Å². The normalized spacial score (nSPS) is 10.9. The minimum atomic E-state index is -0.410. The molecule has 0 fully saturated rings. The molecule has 0 unspecified atom stereocenters. The largest absolute Gasteiger partial charge is 0.488 e. The zero-order valence-electron chi connectivity index (χ0n) is 15.7. The van der Waals surface area contributed by atoms with Crippen molar-refractivity contribution in [2.75, 3.05) is 0 Å². The summed E-state index contributed by atoms with van der Waals surface area (Å²) in [5, 5.41) is 13.0. The lowest BCUT2D eigenvalue weighted by Gasteiger charge is -2.11. The molecule has 0 aliphatic heterocycles. The van der Waals surface area contributed by atoms with E-state index in [0.717, 1.165) is 11.1 Å². The van der Waals surface area contributed by atoms with E-state index in [1.54, 1.807) is 67.6 Å². The summed E-state index contributed by atoms with van der Waals surface area (Å²) in [5.74, 6) is -0.322. The fraction of sp³-hybridized carbons (Fsp3) is 0.0870. The van der Waals surface area contributed by atoms with E-state index in [-0.39, 0.29) is 12.4 Å². The number of rotatable bonds is 6. The highest BCUT2D eigenvalue weighted by Crippen LogP contribution is 2.19. The predicted molar refractivity (Wildman–Crippen MR) is 108 cm³/mol. The molecule has 0 heterocycles. The Bertz CT molecular complexity index is 1070. The highest BCUT2D eigenvalue weighted by Gasteiger charge is 2.12. The van der Waals surface area contributed by atoms with Gasteiger partial charge in [-0.05, 0) is 54.4 Å². The molecule has 1 N–H and O–H groups in total. The molecule has 3 rings (SSSR count). The van der Waals surface area contributed by atoms with Crippen molar-refractivity contribution < 1.29 is 13.9 Å². The number of hydrazone groups is 1. The molecule has 3 aromatic carbocycles. The molecule has 0 aromatic heterocycles. The van der Waals surface area contributed by atoms with Gasteiger partial charge in [-0.1, -0.05) is 36.4 Å². The number of halogens is 1. The maximum atomic E-state index is 13.0. The Morgan fingerprint density at radius 1 is 1.07 bits per heavy atom.